The summed E-state index contributed by atoms with van der Waals surface area (Å²) in [5.41, 5.74) is 3.17. The number of hydrogen-bond donors (Lipinski definition) is 0. The second-order valence-electron chi connectivity index (χ2n) is 5.23. The molecule has 16 heavy (non-hydrogen) atoms. The van der Waals surface area contributed by atoms with E-state index in [0.717, 1.165) is 11.8 Å². The van der Waals surface area contributed by atoms with Crippen LogP contribution in [0.2, 0.25) is 0 Å². The van der Waals surface area contributed by atoms with Gasteiger partial charge in [0.25, 0.3) is 0 Å². The molecular weight excluding hydrogens is 396 g/mol. The summed E-state index contributed by atoms with van der Waals surface area (Å²) in [7, 11) is 0. The maximum absolute atomic E-state index is 4.05. The van der Waals surface area contributed by atoms with Crippen LogP contribution in [-0.4, -0.2) is 14.0 Å². The van der Waals surface area contributed by atoms with E-state index >= 15 is 0 Å². The van der Waals surface area contributed by atoms with Crippen molar-refractivity contribution in [2.75, 3.05) is 0 Å². The molecule has 0 aliphatic heterocycles. The van der Waals surface area contributed by atoms with Gasteiger partial charge in [0, 0.05) is 15.6 Å². The molecule has 2 bridgehead atoms. The van der Waals surface area contributed by atoms with Gasteiger partial charge in [-0.1, -0.05) is 72.1 Å². The van der Waals surface area contributed by atoms with E-state index in [0.29, 0.717) is 15.6 Å². The first kappa shape index (κ1) is 10.6. The Morgan fingerprint density at radius 3 is 2.56 bits per heavy atom. The van der Waals surface area contributed by atoms with Crippen molar-refractivity contribution in [3.05, 3.63) is 35.4 Å². The molecule has 0 radical (unpaired) electrons. The molecule has 0 amide bonds. The maximum atomic E-state index is 4.05. The molecule has 0 N–H and O–H groups in total. The third-order valence-electron chi connectivity index (χ3n) is 4.74. The first-order valence-corrected chi connectivity index (χ1v) is 8.34. The Bertz CT molecular complexity index is 472. The minimum Gasteiger partial charge on any atom is -0.0875 e. The van der Waals surface area contributed by atoms with Gasteiger partial charge in [-0.3, -0.25) is 0 Å². The van der Waals surface area contributed by atoms with E-state index in [1.54, 1.807) is 11.1 Å². The summed E-state index contributed by atoms with van der Waals surface area (Å²) < 4.78 is 0.233. The van der Waals surface area contributed by atoms with Crippen molar-refractivity contribution >= 4 is 47.8 Å². The van der Waals surface area contributed by atoms with E-state index < -0.39 is 0 Å². The summed E-state index contributed by atoms with van der Waals surface area (Å²) in [6.45, 7) is 0. The minimum absolute atomic E-state index is 0.233. The molecule has 0 saturated heterocycles. The third kappa shape index (κ3) is 0.950. The molecule has 0 aromatic heterocycles. The van der Waals surface area contributed by atoms with Gasteiger partial charge in [-0.15, -0.1) is 0 Å². The first-order valence-electron chi connectivity index (χ1n) is 5.71. The van der Waals surface area contributed by atoms with Gasteiger partial charge in [-0.25, -0.2) is 0 Å². The third-order valence-corrected chi connectivity index (χ3v) is 10.1. The highest BCUT2D eigenvalue weighted by Gasteiger charge is 2.70. The van der Waals surface area contributed by atoms with Gasteiger partial charge in [0.2, 0.25) is 0 Å². The average Bonchev–Trinajstić information content (AvgIpc) is 2.57. The lowest BCUT2D eigenvalue weighted by atomic mass is 9.61. The topological polar surface area (TPSA) is 0 Å². The molecule has 4 rings (SSSR count). The quantitative estimate of drug-likeness (QED) is 0.554. The Morgan fingerprint density at radius 1 is 1.12 bits per heavy atom. The Morgan fingerprint density at radius 2 is 1.81 bits per heavy atom. The van der Waals surface area contributed by atoms with Crippen molar-refractivity contribution in [2.24, 2.45) is 5.92 Å². The van der Waals surface area contributed by atoms with Crippen LogP contribution < -0.4 is 0 Å². The molecule has 2 saturated carbocycles. The van der Waals surface area contributed by atoms with Crippen LogP contribution in [0.1, 0.15) is 29.4 Å². The van der Waals surface area contributed by atoms with E-state index in [1.807, 2.05) is 0 Å². The number of alkyl halides is 3. The second-order valence-corrected chi connectivity index (χ2v) is 8.69. The molecule has 0 heterocycles. The summed E-state index contributed by atoms with van der Waals surface area (Å²) in [6.07, 6.45) is 1.29. The fourth-order valence-corrected chi connectivity index (χ4v) is 7.66. The number of hydrogen-bond acceptors (Lipinski definition) is 0. The van der Waals surface area contributed by atoms with E-state index in [2.05, 4.69) is 72.1 Å². The fourth-order valence-electron chi connectivity index (χ4n) is 4.10. The predicted octanol–water partition coefficient (Wildman–Crippen LogP) is 4.56. The van der Waals surface area contributed by atoms with Gasteiger partial charge < -0.3 is 0 Å². The van der Waals surface area contributed by atoms with Crippen LogP contribution in [0.3, 0.4) is 0 Å². The fraction of sp³-hybridized carbons (Fsp3) is 0.538. The lowest BCUT2D eigenvalue weighted by molar-refractivity contribution is 0.352. The van der Waals surface area contributed by atoms with Crippen molar-refractivity contribution in [1.29, 1.82) is 0 Å². The zero-order chi connectivity index (χ0) is 11.1. The molecule has 0 spiro atoms. The molecule has 3 aliphatic carbocycles. The lowest BCUT2D eigenvalue weighted by Gasteiger charge is -2.47. The van der Waals surface area contributed by atoms with E-state index in [1.165, 1.54) is 6.42 Å². The van der Waals surface area contributed by atoms with E-state index in [-0.39, 0.29) is 4.32 Å². The molecule has 84 valence electrons. The van der Waals surface area contributed by atoms with Crippen molar-refractivity contribution in [3.63, 3.8) is 0 Å². The summed E-state index contributed by atoms with van der Waals surface area (Å²) in [6, 6.07) is 8.97. The van der Waals surface area contributed by atoms with E-state index in [4.69, 9.17) is 0 Å². The van der Waals surface area contributed by atoms with Crippen molar-refractivity contribution < 1.29 is 0 Å². The number of halogens is 3. The SMILES string of the molecule is Br[C@H]1C[C@H]2[C@@H]3c4ccccc4[C@@H]3[C@]1(Br)[C@H]2Br. The Balaban J connectivity index is 1.91. The van der Waals surface area contributed by atoms with Crippen molar-refractivity contribution in [1.82, 2.24) is 0 Å². The van der Waals surface area contributed by atoms with Crippen molar-refractivity contribution in [3.8, 4) is 0 Å². The van der Waals surface area contributed by atoms with Crippen molar-refractivity contribution in [2.45, 2.75) is 32.2 Å². The summed E-state index contributed by atoms with van der Waals surface area (Å²) in [4.78, 5) is 1.20. The zero-order valence-corrected chi connectivity index (χ0v) is 13.3. The molecule has 3 aliphatic rings. The predicted molar refractivity (Wildman–Crippen MR) is 77.1 cm³/mol. The zero-order valence-electron chi connectivity index (χ0n) is 8.54. The Hall–Kier alpha value is 0.660. The smallest absolute Gasteiger partial charge is 0.0584 e. The van der Waals surface area contributed by atoms with Crippen LogP contribution >= 0.6 is 47.8 Å². The van der Waals surface area contributed by atoms with Crippen LogP contribution in [0.25, 0.3) is 0 Å². The van der Waals surface area contributed by atoms with Crippen LogP contribution in [-0.2, 0) is 0 Å². The highest BCUT2D eigenvalue weighted by atomic mass is 79.9. The number of benzene rings is 1. The number of fused-ring (bicyclic) bond motifs is 8. The Labute approximate surface area is 121 Å². The van der Waals surface area contributed by atoms with Gasteiger partial charge in [0.05, 0.1) is 4.32 Å². The molecule has 6 atom stereocenters. The largest absolute Gasteiger partial charge is 0.0875 e. The minimum atomic E-state index is 0.233. The molecular formula is C13H11Br3. The molecule has 0 unspecified atom stereocenters. The molecule has 1 aromatic carbocycles. The molecule has 0 nitrogen and oxygen atoms in total. The van der Waals surface area contributed by atoms with E-state index in [9.17, 15) is 0 Å². The van der Waals surface area contributed by atoms with Crippen LogP contribution in [0, 0.1) is 5.92 Å². The lowest BCUT2D eigenvalue weighted by Crippen LogP contribution is -2.44. The summed E-state index contributed by atoms with van der Waals surface area (Å²) >= 11 is 11.8. The Kier molecular flexibility index (Phi) is 2.08. The molecule has 3 heteroatoms. The number of rotatable bonds is 0. The van der Waals surface area contributed by atoms with Gasteiger partial charge in [-0.05, 0) is 29.4 Å². The maximum Gasteiger partial charge on any atom is 0.0584 e. The van der Waals surface area contributed by atoms with Gasteiger partial charge >= 0.3 is 0 Å². The van der Waals surface area contributed by atoms with Gasteiger partial charge in [-0.2, -0.15) is 0 Å². The monoisotopic (exact) mass is 404 g/mol. The normalized spacial score (nSPS) is 52.1. The van der Waals surface area contributed by atoms with Gasteiger partial charge in [0.15, 0.2) is 0 Å². The first-order chi connectivity index (χ1) is 7.65. The summed E-state index contributed by atoms with van der Waals surface area (Å²) in [5, 5.41) is 0. The standard InChI is InChI=1S/C13H11Br3/c14-9-5-8-10-6-3-1-2-4-7(6)11(10)13(9,16)12(8)15/h1-4,8-12H,5H2/t8-,9-,10-,11-,12-,13-/m0/s1. The molecule has 2 fully saturated rings. The highest BCUT2D eigenvalue weighted by molar-refractivity contribution is 9.14. The van der Waals surface area contributed by atoms with Crippen LogP contribution in [0.15, 0.2) is 24.3 Å². The summed E-state index contributed by atoms with van der Waals surface area (Å²) in [5.74, 6) is 2.29. The van der Waals surface area contributed by atoms with Crippen LogP contribution in [0.4, 0.5) is 0 Å². The average molecular weight is 407 g/mol. The second kappa shape index (κ2) is 3.16. The van der Waals surface area contributed by atoms with Gasteiger partial charge in [0.1, 0.15) is 0 Å². The van der Waals surface area contributed by atoms with Crippen LogP contribution in [0.5, 0.6) is 0 Å². The highest BCUT2D eigenvalue weighted by Crippen LogP contribution is 2.75. The molecule has 1 aromatic rings.